The minimum Gasteiger partial charge on any atom is -0.497 e. The molecule has 0 aliphatic carbocycles. The van der Waals surface area contributed by atoms with Crippen LogP contribution in [0.5, 0.6) is 23.0 Å². The lowest BCUT2D eigenvalue weighted by Crippen LogP contribution is -2.48. The Labute approximate surface area is 204 Å². The molecule has 1 amide bonds. The summed E-state index contributed by atoms with van der Waals surface area (Å²) in [5.74, 6) is 1.30. The summed E-state index contributed by atoms with van der Waals surface area (Å²) in [6, 6.07) is 16.2. The predicted octanol–water partition coefficient (Wildman–Crippen LogP) is 3.62. The first-order valence-corrected chi connectivity index (χ1v) is 12.2. The van der Waals surface area contributed by atoms with Crippen molar-refractivity contribution < 1.29 is 32.2 Å². The van der Waals surface area contributed by atoms with E-state index in [1.54, 1.807) is 48.5 Å². The molecule has 1 aliphatic rings. The summed E-state index contributed by atoms with van der Waals surface area (Å²) in [5.41, 5.74) is 1.68. The SMILES string of the molecule is COc1ccc(S(=O)(=O)N2C[C@@H](C(=O)Nc3ccc(OC)c(OC)c3)Oc3cc(C)ccc32)cc1. The largest absolute Gasteiger partial charge is 0.497 e. The van der Waals surface area contributed by atoms with E-state index in [1.807, 2.05) is 6.92 Å². The number of carbonyl (C=O) groups excluding carboxylic acids is 1. The van der Waals surface area contributed by atoms with Gasteiger partial charge in [-0.1, -0.05) is 6.07 Å². The van der Waals surface area contributed by atoms with Crippen molar-refractivity contribution in [3.8, 4) is 23.0 Å². The molecule has 0 saturated carbocycles. The van der Waals surface area contributed by atoms with Gasteiger partial charge in [-0.05, 0) is 61.0 Å². The molecule has 9 nitrogen and oxygen atoms in total. The topological polar surface area (TPSA) is 103 Å². The quantitative estimate of drug-likeness (QED) is 0.531. The highest BCUT2D eigenvalue weighted by Crippen LogP contribution is 2.38. The maximum Gasteiger partial charge on any atom is 0.267 e. The number of hydrogen-bond donors (Lipinski definition) is 1. The predicted molar refractivity (Wildman–Crippen MR) is 131 cm³/mol. The maximum absolute atomic E-state index is 13.6. The number of carbonyl (C=O) groups is 1. The summed E-state index contributed by atoms with van der Waals surface area (Å²) < 4.78 is 50.0. The zero-order valence-electron chi connectivity index (χ0n) is 19.8. The molecular formula is C25H26N2O7S. The van der Waals surface area contributed by atoms with E-state index in [9.17, 15) is 13.2 Å². The highest BCUT2D eigenvalue weighted by atomic mass is 32.2. The number of anilines is 2. The van der Waals surface area contributed by atoms with E-state index in [-0.39, 0.29) is 11.4 Å². The van der Waals surface area contributed by atoms with Gasteiger partial charge in [0.05, 0.1) is 38.5 Å². The van der Waals surface area contributed by atoms with Crippen LogP contribution in [0.2, 0.25) is 0 Å². The second-order valence-corrected chi connectivity index (χ2v) is 9.71. The number of nitrogens with one attached hydrogen (secondary N) is 1. The fourth-order valence-corrected chi connectivity index (χ4v) is 5.21. The number of amides is 1. The average Bonchev–Trinajstić information content (AvgIpc) is 2.87. The third-order valence-electron chi connectivity index (χ3n) is 5.58. The molecule has 4 rings (SSSR count). The Bertz CT molecular complexity index is 1340. The van der Waals surface area contributed by atoms with Gasteiger partial charge in [0.25, 0.3) is 15.9 Å². The molecule has 184 valence electrons. The number of ether oxygens (including phenoxy) is 4. The Morgan fingerprint density at radius 2 is 1.66 bits per heavy atom. The Hall–Kier alpha value is -3.92. The standard InChI is InChI=1S/C25H26N2O7S/c1-16-5-11-20-22(13-16)34-24(25(28)26-17-6-12-21(32-3)23(14-17)33-4)15-27(20)35(29,30)19-9-7-18(31-2)8-10-19/h5-14,24H,15H2,1-4H3,(H,26,28)/t24-/m0/s1. The summed E-state index contributed by atoms with van der Waals surface area (Å²) in [7, 11) is 0.527. The lowest BCUT2D eigenvalue weighted by molar-refractivity contribution is -0.122. The molecule has 1 atom stereocenters. The first kappa shape index (κ1) is 24.2. The molecule has 3 aromatic rings. The summed E-state index contributed by atoms with van der Waals surface area (Å²) >= 11 is 0. The zero-order chi connectivity index (χ0) is 25.2. The Kier molecular flexibility index (Phi) is 6.74. The van der Waals surface area contributed by atoms with Gasteiger partial charge in [-0.25, -0.2) is 8.42 Å². The normalized spacial score (nSPS) is 15.0. The van der Waals surface area contributed by atoms with Crippen LogP contribution in [0.3, 0.4) is 0 Å². The van der Waals surface area contributed by atoms with Crippen LogP contribution in [-0.2, 0) is 14.8 Å². The van der Waals surface area contributed by atoms with Crippen molar-refractivity contribution in [1.82, 2.24) is 0 Å². The number of benzene rings is 3. The summed E-state index contributed by atoms with van der Waals surface area (Å²) in [5, 5.41) is 2.77. The lowest BCUT2D eigenvalue weighted by Gasteiger charge is -2.35. The van der Waals surface area contributed by atoms with Crippen LogP contribution in [0, 0.1) is 6.92 Å². The van der Waals surface area contributed by atoms with Gasteiger partial charge in [0, 0.05) is 11.8 Å². The van der Waals surface area contributed by atoms with Crippen LogP contribution in [0.15, 0.2) is 65.6 Å². The zero-order valence-corrected chi connectivity index (χ0v) is 20.6. The third kappa shape index (κ3) is 4.83. The van der Waals surface area contributed by atoms with Crippen molar-refractivity contribution in [1.29, 1.82) is 0 Å². The van der Waals surface area contributed by atoms with Crippen LogP contribution in [0.25, 0.3) is 0 Å². The third-order valence-corrected chi connectivity index (χ3v) is 7.37. The number of rotatable bonds is 7. The summed E-state index contributed by atoms with van der Waals surface area (Å²) in [6.45, 7) is 1.66. The van der Waals surface area contributed by atoms with E-state index < -0.39 is 22.0 Å². The van der Waals surface area contributed by atoms with Gasteiger partial charge in [0.1, 0.15) is 11.5 Å². The van der Waals surface area contributed by atoms with Crippen LogP contribution in [0.1, 0.15) is 5.56 Å². The van der Waals surface area contributed by atoms with E-state index >= 15 is 0 Å². The van der Waals surface area contributed by atoms with Gasteiger partial charge in [0.2, 0.25) is 0 Å². The van der Waals surface area contributed by atoms with Crippen molar-refractivity contribution >= 4 is 27.3 Å². The van der Waals surface area contributed by atoms with Crippen molar-refractivity contribution in [2.75, 3.05) is 37.5 Å². The smallest absolute Gasteiger partial charge is 0.267 e. The van der Waals surface area contributed by atoms with Gasteiger partial charge in [-0.2, -0.15) is 0 Å². The number of aryl methyl sites for hydroxylation is 1. The highest BCUT2D eigenvalue weighted by molar-refractivity contribution is 7.92. The van der Waals surface area contributed by atoms with E-state index in [4.69, 9.17) is 18.9 Å². The van der Waals surface area contributed by atoms with Gasteiger partial charge in [-0.15, -0.1) is 0 Å². The molecule has 1 N–H and O–H groups in total. The second-order valence-electron chi connectivity index (χ2n) is 7.85. The van der Waals surface area contributed by atoms with E-state index in [0.29, 0.717) is 34.4 Å². The number of nitrogens with zero attached hydrogens (tertiary/aromatic N) is 1. The average molecular weight is 499 g/mol. The van der Waals surface area contributed by atoms with Crippen LogP contribution < -0.4 is 28.6 Å². The van der Waals surface area contributed by atoms with Crippen molar-refractivity contribution in [3.05, 3.63) is 66.2 Å². The minimum atomic E-state index is -3.99. The molecule has 10 heteroatoms. The van der Waals surface area contributed by atoms with Crippen molar-refractivity contribution in [2.24, 2.45) is 0 Å². The van der Waals surface area contributed by atoms with Gasteiger partial charge in [0.15, 0.2) is 17.6 Å². The van der Waals surface area contributed by atoms with Crippen LogP contribution in [-0.4, -0.2) is 48.3 Å². The van der Waals surface area contributed by atoms with E-state index in [2.05, 4.69) is 5.32 Å². The first-order valence-electron chi connectivity index (χ1n) is 10.7. The molecule has 3 aromatic carbocycles. The fourth-order valence-electron chi connectivity index (χ4n) is 3.74. The number of hydrogen-bond acceptors (Lipinski definition) is 7. The molecule has 35 heavy (non-hydrogen) atoms. The Balaban J connectivity index is 1.66. The van der Waals surface area contributed by atoms with Crippen LogP contribution in [0.4, 0.5) is 11.4 Å². The van der Waals surface area contributed by atoms with Gasteiger partial charge in [-0.3, -0.25) is 9.10 Å². The van der Waals surface area contributed by atoms with Crippen LogP contribution >= 0.6 is 0 Å². The van der Waals surface area contributed by atoms with E-state index in [1.165, 1.54) is 37.8 Å². The summed E-state index contributed by atoms with van der Waals surface area (Å²) in [6.07, 6.45) is -1.09. The molecule has 0 unspecified atom stereocenters. The molecule has 0 aromatic heterocycles. The first-order chi connectivity index (χ1) is 16.8. The maximum atomic E-state index is 13.6. The minimum absolute atomic E-state index is 0.0748. The monoisotopic (exact) mass is 498 g/mol. The molecule has 0 bridgehead atoms. The van der Waals surface area contributed by atoms with Gasteiger partial charge >= 0.3 is 0 Å². The number of sulfonamides is 1. The van der Waals surface area contributed by atoms with Gasteiger partial charge < -0.3 is 24.3 Å². The fraction of sp³-hybridized carbons (Fsp3) is 0.240. The van der Waals surface area contributed by atoms with Crippen molar-refractivity contribution in [3.63, 3.8) is 0 Å². The number of fused-ring (bicyclic) bond motifs is 1. The summed E-state index contributed by atoms with van der Waals surface area (Å²) in [4.78, 5) is 13.2. The number of methoxy groups -OCH3 is 3. The molecule has 0 spiro atoms. The van der Waals surface area contributed by atoms with E-state index in [0.717, 1.165) is 5.56 Å². The second kappa shape index (κ2) is 9.75. The van der Waals surface area contributed by atoms with Crippen molar-refractivity contribution in [2.45, 2.75) is 17.9 Å². The highest BCUT2D eigenvalue weighted by Gasteiger charge is 2.37. The molecule has 0 fully saturated rings. The Morgan fingerprint density at radius 3 is 2.31 bits per heavy atom. The molecule has 0 saturated heterocycles. The molecule has 0 radical (unpaired) electrons. The Morgan fingerprint density at radius 1 is 0.943 bits per heavy atom. The molecular weight excluding hydrogens is 472 g/mol. The molecule has 1 heterocycles. The lowest BCUT2D eigenvalue weighted by atomic mass is 10.1. The molecule has 1 aliphatic heterocycles.